The van der Waals surface area contributed by atoms with Gasteiger partial charge in [0.05, 0.1) is 0 Å². The highest BCUT2D eigenvalue weighted by Gasteiger charge is 2.34. The molecule has 6 nitrogen and oxygen atoms in total. The van der Waals surface area contributed by atoms with Gasteiger partial charge in [-0.1, -0.05) is 6.07 Å². The van der Waals surface area contributed by atoms with E-state index in [1.807, 2.05) is 0 Å². The molecule has 2 amide bonds. The highest BCUT2D eigenvalue weighted by atomic mass is 19.2. The average molecular weight is 418 g/mol. The van der Waals surface area contributed by atoms with Crippen molar-refractivity contribution in [3.05, 3.63) is 59.7 Å². The highest BCUT2D eigenvalue weighted by Crippen LogP contribution is 2.25. The molecule has 30 heavy (non-hydrogen) atoms. The first-order valence-corrected chi connectivity index (χ1v) is 9.60. The van der Waals surface area contributed by atoms with E-state index in [0.717, 1.165) is 12.1 Å². The summed E-state index contributed by atoms with van der Waals surface area (Å²) in [5.74, 6) is -1.51. The van der Waals surface area contributed by atoms with Crippen LogP contribution in [0.4, 0.5) is 19.3 Å². The summed E-state index contributed by atoms with van der Waals surface area (Å²) in [6, 6.07) is 9.80. The molecule has 1 unspecified atom stereocenters. The Morgan fingerprint density at radius 3 is 2.47 bits per heavy atom. The third-order valence-corrected chi connectivity index (χ3v) is 4.43. The molecule has 0 spiro atoms. The molecule has 1 aliphatic rings. The van der Waals surface area contributed by atoms with Crippen LogP contribution < -0.4 is 15.0 Å². The Bertz CT molecular complexity index is 926. The standard InChI is InChI=1S/C22H24F2N2O4/c1-22(2,3)30-21(28)25-19-10-11-26(20(19)27)15-5-7-16(8-6-15)29-13-14-4-9-17(23)18(24)12-14/h4-9,12,19H,10-11,13H2,1-3H3,(H,25,28). The number of anilines is 1. The normalized spacial score (nSPS) is 16.5. The van der Waals surface area contributed by atoms with Crippen LogP contribution in [0, 0.1) is 11.6 Å². The summed E-state index contributed by atoms with van der Waals surface area (Å²) in [5, 5.41) is 2.61. The molecule has 2 aromatic rings. The van der Waals surface area contributed by atoms with Crippen LogP contribution in [0.15, 0.2) is 42.5 Å². The van der Waals surface area contributed by atoms with Crippen molar-refractivity contribution < 1.29 is 27.8 Å². The van der Waals surface area contributed by atoms with Gasteiger partial charge in [-0.2, -0.15) is 0 Å². The Labute approximate surface area is 173 Å². The van der Waals surface area contributed by atoms with Crippen molar-refractivity contribution in [2.45, 2.75) is 45.4 Å². The summed E-state index contributed by atoms with van der Waals surface area (Å²) in [6.45, 7) is 5.82. The van der Waals surface area contributed by atoms with E-state index in [1.54, 1.807) is 49.9 Å². The molecule has 1 fully saturated rings. The van der Waals surface area contributed by atoms with E-state index in [4.69, 9.17) is 9.47 Å². The highest BCUT2D eigenvalue weighted by molar-refractivity contribution is 6.00. The zero-order chi connectivity index (χ0) is 21.9. The minimum Gasteiger partial charge on any atom is -0.489 e. The number of carbonyl (C=O) groups excluding carboxylic acids is 2. The van der Waals surface area contributed by atoms with Crippen LogP contribution >= 0.6 is 0 Å². The second-order valence-electron chi connectivity index (χ2n) is 8.01. The van der Waals surface area contributed by atoms with Gasteiger partial charge in [-0.25, -0.2) is 13.6 Å². The first kappa shape index (κ1) is 21.5. The third kappa shape index (κ3) is 5.46. The van der Waals surface area contributed by atoms with Crippen LogP contribution in [0.25, 0.3) is 0 Å². The number of halogens is 2. The predicted molar refractivity (Wildman–Crippen MR) is 107 cm³/mol. The van der Waals surface area contributed by atoms with Crippen LogP contribution in [-0.4, -0.2) is 30.2 Å². The Balaban J connectivity index is 1.56. The van der Waals surface area contributed by atoms with E-state index < -0.39 is 29.4 Å². The Morgan fingerprint density at radius 1 is 1.13 bits per heavy atom. The van der Waals surface area contributed by atoms with Crippen LogP contribution in [-0.2, 0) is 16.1 Å². The van der Waals surface area contributed by atoms with Gasteiger partial charge >= 0.3 is 6.09 Å². The fourth-order valence-corrected chi connectivity index (χ4v) is 3.04. The number of amides is 2. The molecular weight excluding hydrogens is 394 g/mol. The Hall–Kier alpha value is -3.16. The molecule has 1 aliphatic heterocycles. The molecule has 0 aliphatic carbocycles. The van der Waals surface area contributed by atoms with Gasteiger partial charge in [-0.05, 0) is 69.2 Å². The van der Waals surface area contributed by atoms with Gasteiger partial charge < -0.3 is 19.7 Å². The van der Waals surface area contributed by atoms with E-state index in [0.29, 0.717) is 30.0 Å². The molecule has 1 saturated heterocycles. The second-order valence-corrected chi connectivity index (χ2v) is 8.01. The smallest absolute Gasteiger partial charge is 0.408 e. The van der Waals surface area contributed by atoms with Crippen molar-refractivity contribution in [1.82, 2.24) is 5.32 Å². The van der Waals surface area contributed by atoms with Gasteiger partial charge in [-0.15, -0.1) is 0 Å². The predicted octanol–water partition coefficient (Wildman–Crippen LogP) is 4.17. The summed E-state index contributed by atoms with van der Waals surface area (Å²) in [5.41, 5.74) is 0.540. The largest absolute Gasteiger partial charge is 0.489 e. The van der Waals surface area contributed by atoms with Gasteiger partial charge in [0.25, 0.3) is 0 Å². The summed E-state index contributed by atoms with van der Waals surface area (Å²) in [7, 11) is 0. The number of benzene rings is 2. The lowest BCUT2D eigenvalue weighted by molar-refractivity contribution is -0.118. The first-order chi connectivity index (χ1) is 14.1. The molecule has 1 atom stereocenters. The monoisotopic (exact) mass is 418 g/mol. The molecule has 1 heterocycles. The summed E-state index contributed by atoms with van der Waals surface area (Å²) in [6.07, 6.45) is -0.143. The maximum Gasteiger partial charge on any atom is 0.408 e. The summed E-state index contributed by atoms with van der Waals surface area (Å²) in [4.78, 5) is 26.1. The second kappa shape index (κ2) is 8.69. The van der Waals surface area contributed by atoms with Crippen molar-refractivity contribution in [1.29, 1.82) is 0 Å². The van der Waals surface area contributed by atoms with E-state index in [1.165, 1.54) is 6.07 Å². The SMILES string of the molecule is CC(C)(C)OC(=O)NC1CCN(c2ccc(OCc3ccc(F)c(F)c3)cc2)C1=O. The third-order valence-electron chi connectivity index (χ3n) is 4.43. The molecule has 0 saturated carbocycles. The number of alkyl carbamates (subject to hydrolysis) is 1. The molecule has 0 bridgehead atoms. The van der Waals surface area contributed by atoms with Gasteiger partial charge in [0.15, 0.2) is 11.6 Å². The number of nitrogens with zero attached hydrogens (tertiary/aromatic N) is 1. The molecule has 2 aromatic carbocycles. The van der Waals surface area contributed by atoms with Crippen molar-refractivity contribution in [2.24, 2.45) is 0 Å². The van der Waals surface area contributed by atoms with Crippen molar-refractivity contribution in [2.75, 3.05) is 11.4 Å². The van der Waals surface area contributed by atoms with Crippen LogP contribution in [0.5, 0.6) is 5.75 Å². The number of hydrogen-bond donors (Lipinski definition) is 1. The zero-order valence-electron chi connectivity index (χ0n) is 17.1. The molecule has 3 rings (SSSR count). The first-order valence-electron chi connectivity index (χ1n) is 9.60. The van der Waals surface area contributed by atoms with Crippen LogP contribution in [0.3, 0.4) is 0 Å². The molecule has 1 N–H and O–H groups in total. The number of rotatable bonds is 5. The van der Waals surface area contributed by atoms with Gasteiger partial charge in [-0.3, -0.25) is 4.79 Å². The molecule has 160 valence electrons. The van der Waals surface area contributed by atoms with Crippen LogP contribution in [0.1, 0.15) is 32.8 Å². The number of nitrogens with one attached hydrogen (secondary N) is 1. The van der Waals surface area contributed by atoms with Crippen LogP contribution in [0.2, 0.25) is 0 Å². The number of hydrogen-bond acceptors (Lipinski definition) is 4. The van der Waals surface area contributed by atoms with Crippen molar-refractivity contribution in [3.8, 4) is 5.75 Å². The number of ether oxygens (including phenoxy) is 2. The van der Waals surface area contributed by atoms with Gasteiger partial charge in [0, 0.05) is 12.2 Å². The van der Waals surface area contributed by atoms with Crippen molar-refractivity contribution >= 4 is 17.7 Å². The topological polar surface area (TPSA) is 67.9 Å². The van der Waals surface area contributed by atoms with Crippen molar-refractivity contribution in [3.63, 3.8) is 0 Å². The summed E-state index contributed by atoms with van der Waals surface area (Å²) < 4.78 is 37.0. The maximum atomic E-state index is 13.3. The van der Waals surface area contributed by atoms with E-state index in [2.05, 4.69) is 5.32 Å². The van der Waals surface area contributed by atoms with E-state index in [9.17, 15) is 18.4 Å². The molecular formula is C22H24F2N2O4. The van der Waals surface area contributed by atoms with Gasteiger partial charge in [0.2, 0.25) is 5.91 Å². The Morgan fingerprint density at radius 2 is 1.83 bits per heavy atom. The molecule has 0 aromatic heterocycles. The van der Waals surface area contributed by atoms with E-state index in [-0.39, 0.29) is 12.5 Å². The summed E-state index contributed by atoms with van der Waals surface area (Å²) >= 11 is 0. The lowest BCUT2D eigenvalue weighted by Gasteiger charge is -2.21. The minimum absolute atomic E-state index is 0.0844. The number of carbonyl (C=O) groups is 2. The fourth-order valence-electron chi connectivity index (χ4n) is 3.04. The Kier molecular flexibility index (Phi) is 6.24. The quantitative estimate of drug-likeness (QED) is 0.791. The zero-order valence-corrected chi connectivity index (χ0v) is 17.1. The maximum absolute atomic E-state index is 13.3. The lowest BCUT2D eigenvalue weighted by Crippen LogP contribution is -2.43. The van der Waals surface area contributed by atoms with E-state index >= 15 is 0 Å². The average Bonchev–Trinajstić information content (AvgIpc) is 3.02. The molecule has 0 radical (unpaired) electrons. The van der Waals surface area contributed by atoms with Gasteiger partial charge in [0.1, 0.15) is 24.0 Å². The molecule has 8 heteroatoms. The lowest BCUT2D eigenvalue weighted by atomic mass is 10.2. The minimum atomic E-state index is -0.923. The fraction of sp³-hybridized carbons (Fsp3) is 0.364.